The van der Waals surface area contributed by atoms with Gasteiger partial charge in [-0.3, -0.25) is 4.79 Å². The zero-order chi connectivity index (χ0) is 22.8. The average molecular weight is 434 g/mol. The van der Waals surface area contributed by atoms with Gasteiger partial charge in [0.15, 0.2) is 12.6 Å². The Balaban J connectivity index is 2.00. The maximum Gasteiger partial charge on any atom is 0.416 e. The molecule has 0 aromatic heterocycles. The molecule has 1 aliphatic rings. The SMILES string of the molecule is COCOc1cc(O)c(C(=O)/C=C/c2cccc(C(F)(F)F)c2)c2c1C=CC(C)(C)O2. The van der Waals surface area contributed by atoms with E-state index < -0.39 is 23.1 Å². The van der Waals surface area contributed by atoms with Crippen LogP contribution in [0.15, 0.2) is 42.5 Å². The van der Waals surface area contributed by atoms with Crippen LogP contribution in [0.4, 0.5) is 13.2 Å². The van der Waals surface area contributed by atoms with Gasteiger partial charge in [0.25, 0.3) is 0 Å². The molecule has 0 saturated carbocycles. The van der Waals surface area contributed by atoms with E-state index in [4.69, 9.17) is 14.2 Å². The van der Waals surface area contributed by atoms with E-state index in [1.165, 1.54) is 31.4 Å². The molecular formula is C23H21F3O5. The summed E-state index contributed by atoms with van der Waals surface area (Å²) in [5.74, 6) is -0.623. The molecule has 0 radical (unpaired) electrons. The van der Waals surface area contributed by atoms with Crippen LogP contribution in [0.3, 0.4) is 0 Å². The van der Waals surface area contributed by atoms with E-state index in [0.717, 1.165) is 18.2 Å². The number of carbonyl (C=O) groups excluding carboxylic acids is 1. The van der Waals surface area contributed by atoms with E-state index in [2.05, 4.69) is 0 Å². The maximum atomic E-state index is 12.9. The first-order valence-corrected chi connectivity index (χ1v) is 9.31. The number of phenolic OH excluding ortho intramolecular Hbond substituents is 1. The highest BCUT2D eigenvalue weighted by atomic mass is 19.4. The van der Waals surface area contributed by atoms with E-state index in [1.54, 1.807) is 26.0 Å². The van der Waals surface area contributed by atoms with Crippen molar-refractivity contribution in [3.63, 3.8) is 0 Å². The number of ether oxygens (including phenoxy) is 3. The second-order valence-electron chi connectivity index (χ2n) is 7.42. The number of allylic oxidation sites excluding steroid dienone is 1. The van der Waals surface area contributed by atoms with Gasteiger partial charge in [0.2, 0.25) is 0 Å². The topological polar surface area (TPSA) is 65.0 Å². The second-order valence-corrected chi connectivity index (χ2v) is 7.42. The minimum Gasteiger partial charge on any atom is -0.507 e. The van der Waals surface area contributed by atoms with Crippen molar-refractivity contribution < 1.29 is 37.3 Å². The van der Waals surface area contributed by atoms with E-state index in [0.29, 0.717) is 5.56 Å². The van der Waals surface area contributed by atoms with Crippen molar-refractivity contribution >= 4 is 17.9 Å². The van der Waals surface area contributed by atoms with E-state index >= 15 is 0 Å². The van der Waals surface area contributed by atoms with E-state index in [1.807, 2.05) is 0 Å². The standard InChI is InChI=1S/C23H21F3O5/c1-22(2)10-9-16-19(30-13-29-3)12-18(28)20(21(16)31-22)17(27)8-7-14-5-4-6-15(11-14)23(24,25)26/h4-12,28H,13H2,1-3H3/b8-7+. The van der Waals surface area contributed by atoms with E-state index in [9.17, 15) is 23.1 Å². The number of carbonyl (C=O) groups is 1. The van der Waals surface area contributed by atoms with Gasteiger partial charge >= 0.3 is 6.18 Å². The van der Waals surface area contributed by atoms with Gasteiger partial charge in [-0.25, -0.2) is 0 Å². The summed E-state index contributed by atoms with van der Waals surface area (Å²) in [6.07, 6.45) is 1.35. The number of alkyl halides is 3. The van der Waals surface area contributed by atoms with Crippen LogP contribution in [0.2, 0.25) is 0 Å². The Morgan fingerprint density at radius 3 is 2.68 bits per heavy atom. The molecule has 1 N–H and O–H groups in total. The predicted octanol–water partition coefficient (Wildman–Crippen LogP) is 5.47. The summed E-state index contributed by atoms with van der Waals surface area (Å²) in [6.45, 7) is 3.48. The highest BCUT2D eigenvalue weighted by molar-refractivity contribution is 6.11. The first kappa shape index (κ1) is 22.4. The lowest BCUT2D eigenvalue weighted by Crippen LogP contribution is -2.28. The molecule has 0 bridgehead atoms. The van der Waals surface area contributed by atoms with Crippen LogP contribution in [0, 0.1) is 0 Å². The van der Waals surface area contributed by atoms with Gasteiger partial charge in [-0.2, -0.15) is 13.2 Å². The highest BCUT2D eigenvalue weighted by Crippen LogP contribution is 2.44. The molecule has 164 valence electrons. The van der Waals surface area contributed by atoms with Crippen LogP contribution in [0.1, 0.15) is 40.9 Å². The van der Waals surface area contributed by atoms with Crippen molar-refractivity contribution in [3.05, 3.63) is 64.7 Å². The van der Waals surface area contributed by atoms with Gasteiger partial charge < -0.3 is 19.3 Å². The smallest absolute Gasteiger partial charge is 0.416 e. The zero-order valence-corrected chi connectivity index (χ0v) is 17.1. The van der Waals surface area contributed by atoms with Crippen molar-refractivity contribution in [2.75, 3.05) is 13.9 Å². The van der Waals surface area contributed by atoms with Crippen molar-refractivity contribution in [2.45, 2.75) is 25.6 Å². The predicted molar refractivity (Wildman–Crippen MR) is 109 cm³/mol. The third-order valence-corrected chi connectivity index (χ3v) is 4.50. The Morgan fingerprint density at radius 2 is 2.00 bits per heavy atom. The lowest BCUT2D eigenvalue weighted by molar-refractivity contribution is -0.137. The molecule has 0 saturated heterocycles. The number of rotatable bonds is 6. The number of phenols is 1. The Hall–Kier alpha value is -3.26. The fourth-order valence-electron chi connectivity index (χ4n) is 3.04. The number of benzene rings is 2. The van der Waals surface area contributed by atoms with Gasteiger partial charge in [0.1, 0.15) is 28.4 Å². The molecule has 1 aliphatic heterocycles. The number of ketones is 1. The second kappa shape index (κ2) is 8.47. The Bertz CT molecular complexity index is 1050. The molecule has 0 atom stereocenters. The average Bonchev–Trinajstić information content (AvgIpc) is 2.69. The Kier molecular flexibility index (Phi) is 6.13. The first-order chi connectivity index (χ1) is 14.5. The van der Waals surface area contributed by atoms with Crippen molar-refractivity contribution in [3.8, 4) is 17.2 Å². The number of halogens is 3. The van der Waals surface area contributed by atoms with Gasteiger partial charge in [0, 0.05) is 13.2 Å². The highest BCUT2D eigenvalue weighted by Gasteiger charge is 2.31. The minimum atomic E-state index is -4.49. The summed E-state index contributed by atoms with van der Waals surface area (Å²) in [5.41, 5.74) is -1.04. The van der Waals surface area contributed by atoms with Gasteiger partial charge in [-0.15, -0.1) is 0 Å². The van der Waals surface area contributed by atoms with Gasteiger partial charge in [-0.1, -0.05) is 18.2 Å². The maximum absolute atomic E-state index is 12.9. The molecule has 2 aromatic carbocycles. The molecular weight excluding hydrogens is 413 g/mol. The summed E-state index contributed by atoms with van der Waals surface area (Å²) < 4.78 is 55.0. The molecule has 5 nitrogen and oxygen atoms in total. The number of methoxy groups -OCH3 is 1. The number of hydrogen-bond acceptors (Lipinski definition) is 5. The molecule has 1 heterocycles. The van der Waals surface area contributed by atoms with Crippen LogP contribution < -0.4 is 9.47 Å². The quantitative estimate of drug-likeness (QED) is 0.371. The van der Waals surface area contributed by atoms with Crippen LogP contribution >= 0.6 is 0 Å². The van der Waals surface area contributed by atoms with Crippen LogP contribution in [0.25, 0.3) is 12.2 Å². The molecule has 8 heteroatoms. The molecule has 2 aromatic rings. The summed E-state index contributed by atoms with van der Waals surface area (Å²) >= 11 is 0. The lowest BCUT2D eigenvalue weighted by atomic mass is 9.96. The summed E-state index contributed by atoms with van der Waals surface area (Å²) in [5, 5.41) is 10.5. The molecule has 0 fully saturated rings. The van der Waals surface area contributed by atoms with Crippen LogP contribution in [-0.4, -0.2) is 30.4 Å². The fraction of sp³-hybridized carbons (Fsp3) is 0.261. The largest absolute Gasteiger partial charge is 0.507 e. The van der Waals surface area contributed by atoms with Gasteiger partial charge in [-0.05, 0) is 49.8 Å². The summed E-state index contributed by atoms with van der Waals surface area (Å²) in [7, 11) is 1.44. The Labute approximate surface area is 177 Å². The lowest BCUT2D eigenvalue weighted by Gasteiger charge is -2.30. The number of hydrogen-bond donors (Lipinski definition) is 1. The zero-order valence-electron chi connectivity index (χ0n) is 17.1. The third-order valence-electron chi connectivity index (χ3n) is 4.50. The van der Waals surface area contributed by atoms with Crippen molar-refractivity contribution in [1.29, 1.82) is 0 Å². The monoisotopic (exact) mass is 434 g/mol. The third kappa shape index (κ3) is 5.08. The first-order valence-electron chi connectivity index (χ1n) is 9.31. The molecule has 3 rings (SSSR count). The summed E-state index contributed by atoms with van der Waals surface area (Å²) in [6, 6.07) is 5.85. The molecule has 0 aliphatic carbocycles. The number of fused-ring (bicyclic) bond motifs is 1. The van der Waals surface area contributed by atoms with E-state index in [-0.39, 0.29) is 35.2 Å². The molecule has 0 spiro atoms. The molecule has 31 heavy (non-hydrogen) atoms. The van der Waals surface area contributed by atoms with Crippen LogP contribution in [-0.2, 0) is 10.9 Å². The molecule has 0 unspecified atom stereocenters. The van der Waals surface area contributed by atoms with Gasteiger partial charge in [0.05, 0.1) is 11.1 Å². The minimum absolute atomic E-state index is 0.0775. The van der Waals surface area contributed by atoms with Crippen molar-refractivity contribution in [1.82, 2.24) is 0 Å². The Morgan fingerprint density at radius 1 is 1.26 bits per heavy atom. The summed E-state index contributed by atoms with van der Waals surface area (Å²) in [4.78, 5) is 12.9. The fourth-order valence-corrected chi connectivity index (χ4v) is 3.04. The normalized spacial score (nSPS) is 14.9. The van der Waals surface area contributed by atoms with Crippen molar-refractivity contribution in [2.24, 2.45) is 0 Å². The number of aromatic hydroxyl groups is 1. The van der Waals surface area contributed by atoms with Crippen LogP contribution in [0.5, 0.6) is 17.2 Å². The molecule has 0 amide bonds.